The maximum absolute atomic E-state index is 4.47. The first-order valence-electron chi connectivity index (χ1n) is 26.6. The third-order valence-electron chi connectivity index (χ3n) is 13.7. The molecule has 0 aliphatic carbocycles. The van der Waals surface area contributed by atoms with E-state index < -0.39 is 0 Å². The molecule has 0 unspecified atom stereocenters. The Morgan fingerprint density at radius 3 is 0.986 bits per heavy atom. The lowest BCUT2D eigenvalue weighted by atomic mass is 10.0. The highest BCUT2D eigenvalue weighted by atomic mass is 15.5. The van der Waals surface area contributed by atoms with E-state index in [9.17, 15) is 0 Å². The average molecular weight is 1030 g/mol. The lowest BCUT2D eigenvalue weighted by Gasteiger charge is -2.09. The quantitative estimate of drug-likeness (QED) is 0.150. The molecule has 0 saturated heterocycles. The SMILES string of the molecule is CC(C)c1nnnn1C.Cc1c(C)c(C(C)C)n(C)c1C.Cc1nc(C(C)C)n(C)c1C.Cc1nc(C)n(C)c1C(C)C.Cc1nn(C)c(C(C)C)c1C.Cc1nnc(C(C)C)n1C.Cc1nnn(C)c1C(C)C. The van der Waals surface area contributed by atoms with Crippen LogP contribution in [0, 0.1) is 76.2 Å². The summed E-state index contributed by atoms with van der Waals surface area (Å²) in [7, 11) is 14.1. The van der Waals surface area contributed by atoms with Crippen molar-refractivity contribution in [3.05, 3.63) is 103 Å². The highest BCUT2D eigenvalue weighted by molar-refractivity contribution is 5.37. The summed E-state index contributed by atoms with van der Waals surface area (Å²) in [5.41, 5.74) is 16.8. The van der Waals surface area contributed by atoms with Crippen molar-refractivity contribution < 1.29 is 0 Å². The van der Waals surface area contributed by atoms with Gasteiger partial charge in [-0.15, -0.1) is 20.4 Å². The summed E-state index contributed by atoms with van der Waals surface area (Å²) in [5, 5.41) is 31.2. The molecule has 0 aliphatic heterocycles. The summed E-state index contributed by atoms with van der Waals surface area (Å²) in [5.74, 6) is 8.91. The van der Waals surface area contributed by atoms with Crippen LogP contribution in [0.2, 0.25) is 0 Å². The van der Waals surface area contributed by atoms with Gasteiger partial charge in [-0.2, -0.15) is 5.10 Å². The van der Waals surface area contributed by atoms with Gasteiger partial charge in [-0.05, 0) is 127 Å². The van der Waals surface area contributed by atoms with Crippen molar-refractivity contribution in [2.24, 2.45) is 49.3 Å². The molecule has 0 spiro atoms. The summed E-state index contributed by atoms with van der Waals surface area (Å²) in [6.07, 6.45) is 0. The molecule has 7 aromatic heterocycles. The largest absolute Gasteiger partial charge is 0.351 e. The monoisotopic (exact) mass is 1030 g/mol. The van der Waals surface area contributed by atoms with E-state index in [0.29, 0.717) is 41.4 Å². The average Bonchev–Trinajstić information content (AvgIpc) is 4.15. The first kappa shape index (κ1) is 66.3. The summed E-state index contributed by atoms with van der Waals surface area (Å²) < 4.78 is 14.2. The fourth-order valence-corrected chi connectivity index (χ4v) is 9.32. The Morgan fingerprint density at radius 1 is 0.297 bits per heavy atom. The molecule has 0 N–H and O–H groups in total. The zero-order chi connectivity index (χ0) is 57.5. The molecule has 0 radical (unpaired) electrons. The Morgan fingerprint density at radius 2 is 0.797 bits per heavy atom. The Balaban J connectivity index is 0.000000432. The molecule has 17 nitrogen and oxygen atoms in total. The normalized spacial score (nSPS) is 11.0. The second-order valence-corrected chi connectivity index (χ2v) is 22.0. The fourth-order valence-electron chi connectivity index (χ4n) is 9.32. The summed E-state index contributed by atoms with van der Waals surface area (Å²) in [4.78, 5) is 8.87. The first-order chi connectivity index (χ1) is 34.0. The number of tetrazole rings is 1. The van der Waals surface area contributed by atoms with Gasteiger partial charge in [0.15, 0.2) is 5.82 Å². The third-order valence-corrected chi connectivity index (χ3v) is 13.7. The van der Waals surface area contributed by atoms with E-state index >= 15 is 0 Å². The van der Waals surface area contributed by atoms with Crippen molar-refractivity contribution in [3.8, 4) is 0 Å². The highest BCUT2D eigenvalue weighted by Gasteiger charge is 2.16. The minimum absolute atomic E-state index is 0.407. The number of nitrogens with zero attached hydrogens (tertiary/aromatic N) is 17. The van der Waals surface area contributed by atoms with Gasteiger partial charge in [0.1, 0.15) is 23.3 Å². The van der Waals surface area contributed by atoms with Gasteiger partial charge in [0, 0.05) is 95.6 Å². The second-order valence-electron chi connectivity index (χ2n) is 22.0. The minimum atomic E-state index is 0.407. The number of rotatable bonds is 7. The molecule has 7 heterocycles. The van der Waals surface area contributed by atoms with E-state index in [4.69, 9.17) is 0 Å². The van der Waals surface area contributed by atoms with Gasteiger partial charge in [0.05, 0.1) is 28.5 Å². The van der Waals surface area contributed by atoms with E-state index in [0.717, 1.165) is 40.4 Å². The molecule has 0 atom stereocenters. The molecule has 7 rings (SSSR count). The van der Waals surface area contributed by atoms with Gasteiger partial charge in [-0.1, -0.05) is 102 Å². The number of aryl methyl sites for hydroxylation is 9. The van der Waals surface area contributed by atoms with Crippen LogP contribution in [0.1, 0.15) is 241 Å². The minimum Gasteiger partial charge on any atom is -0.351 e. The van der Waals surface area contributed by atoms with Crippen LogP contribution in [0.5, 0.6) is 0 Å². The Hall–Kier alpha value is -5.74. The van der Waals surface area contributed by atoms with Gasteiger partial charge >= 0.3 is 0 Å². The van der Waals surface area contributed by atoms with Crippen LogP contribution in [-0.2, 0) is 49.3 Å². The smallest absolute Gasteiger partial charge is 0.153 e. The number of imidazole rings is 2. The van der Waals surface area contributed by atoms with E-state index in [2.05, 4.69) is 238 Å². The van der Waals surface area contributed by atoms with Crippen LogP contribution in [-0.4, -0.2) is 83.4 Å². The molecule has 0 amide bonds. The molecule has 0 bridgehead atoms. The molecule has 416 valence electrons. The fraction of sp³-hybridized carbons (Fsp3) is 0.684. The molecule has 74 heavy (non-hydrogen) atoms. The van der Waals surface area contributed by atoms with Crippen molar-refractivity contribution in [1.29, 1.82) is 0 Å². The lowest BCUT2D eigenvalue weighted by molar-refractivity contribution is 0.645. The number of hydrogen-bond acceptors (Lipinski definition) is 10. The van der Waals surface area contributed by atoms with Crippen molar-refractivity contribution in [1.82, 2.24) is 83.4 Å². The van der Waals surface area contributed by atoms with Crippen LogP contribution in [0.15, 0.2) is 0 Å². The molecule has 0 aromatic carbocycles. The van der Waals surface area contributed by atoms with Crippen LogP contribution in [0.4, 0.5) is 0 Å². The highest BCUT2D eigenvalue weighted by Crippen LogP contribution is 2.26. The standard InChI is InChI=1S/C11H19N.3C9H16N2.2C7H13N3.C5H10N4/c1-7(2)11-9(4)8(3)10(5)12(11)6;1-6(2)9-7(3)10-8(4)11(9)5;1-6(2)9-10-7(3)8(4)11(9)5;1-6(2)9-7(3)8(4)10-11(9)5;1-5(2)7-9-8-6(3)10(7)4;1-5(2)7-6(3)8-9-10(7)4;1-4(2)5-6-7-8-9(5)3/h7H,1-6H3;3*6H,1-5H3;2*5H,1-4H3;4H,1-3H3. The van der Waals surface area contributed by atoms with Gasteiger partial charge in [-0.25, -0.2) is 14.6 Å². The topological polar surface area (TPSA) is 163 Å². The molecule has 0 aliphatic rings. The molecular formula is C57H103N17. The van der Waals surface area contributed by atoms with Crippen LogP contribution < -0.4 is 0 Å². The van der Waals surface area contributed by atoms with Crippen LogP contribution in [0.25, 0.3) is 0 Å². The lowest BCUT2D eigenvalue weighted by Crippen LogP contribution is -2.00. The Kier molecular flexibility index (Phi) is 26.3. The molecule has 7 aromatic rings. The second kappa shape index (κ2) is 29.4. The summed E-state index contributed by atoms with van der Waals surface area (Å²) >= 11 is 0. The summed E-state index contributed by atoms with van der Waals surface area (Å²) in [6.45, 7) is 53.3. The van der Waals surface area contributed by atoms with Crippen molar-refractivity contribution in [3.63, 3.8) is 0 Å². The number of aromatic nitrogens is 17. The van der Waals surface area contributed by atoms with E-state index in [1.807, 2.05) is 62.9 Å². The molecular weight excluding hydrogens is 923 g/mol. The summed E-state index contributed by atoms with van der Waals surface area (Å²) in [6, 6.07) is 0. The maximum atomic E-state index is 4.47. The number of hydrogen-bond donors (Lipinski definition) is 0. The molecule has 17 heteroatoms. The van der Waals surface area contributed by atoms with Gasteiger partial charge in [0.25, 0.3) is 0 Å². The predicted molar refractivity (Wildman–Crippen MR) is 307 cm³/mol. The van der Waals surface area contributed by atoms with Crippen molar-refractivity contribution in [2.45, 2.75) is 215 Å². The molecule has 0 saturated carbocycles. The van der Waals surface area contributed by atoms with Crippen molar-refractivity contribution in [2.75, 3.05) is 0 Å². The van der Waals surface area contributed by atoms with E-state index in [1.165, 1.54) is 62.4 Å². The van der Waals surface area contributed by atoms with Gasteiger partial charge in [0.2, 0.25) is 0 Å². The zero-order valence-corrected chi connectivity index (χ0v) is 52.6. The van der Waals surface area contributed by atoms with E-state index in [1.54, 1.807) is 4.68 Å². The van der Waals surface area contributed by atoms with Crippen LogP contribution in [0.3, 0.4) is 0 Å². The Labute approximate surface area is 448 Å². The van der Waals surface area contributed by atoms with Gasteiger partial charge < -0.3 is 18.3 Å². The van der Waals surface area contributed by atoms with Gasteiger partial charge in [-0.3, -0.25) is 9.36 Å². The Bertz CT molecular complexity index is 2660. The van der Waals surface area contributed by atoms with Crippen LogP contribution >= 0.6 is 0 Å². The van der Waals surface area contributed by atoms with E-state index in [-0.39, 0.29) is 0 Å². The first-order valence-corrected chi connectivity index (χ1v) is 26.6. The van der Waals surface area contributed by atoms with Crippen molar-refractivity contribution >= 4 is 0 Å². The molecule has 0 fully saturated rings. The predicted octanol–water partition coefficient (Wildman–Crippen LogP) is 12.4. The maximum Gasteiger partial charge on any atom is 0.153 e. The zero-order valence-electron chi connectivity index (χ0n) is 52.6. The third kappa shape index (κ3) is 17.7.